The fourth-order valence-corrected chi connectivity index (χ4v) is 7.67. The molecule has 0 bridgehead atoms. The van der Waals surface area contributed by atoms with Gasteiger partial charge in [-0.15, -0.1) is 0 Å². The van der Waals surface area contributed by atoms with Gasteiger partial charge in [0, 0.05) is 13.0 Å². The molecule has 9 nitrogen and oxygen atoms in total. The van der Waals surface area contributed by atoms with Gasteiger partial charge in [-0.1, -0.05) is 195 Å². The number of allylic oxidation sites excluding steroid dienone is 14. The summed E-state index contributed by atoms with van der Waals surface area (Å²) in [7, 11) is 0. The molecular formula is C57H98O9. The molecule has 0 spiro atoms. The minimum Gasteiger partial charge on any atom is -0.457 e. The molecule has 4 N–H and O–H groups in total. The summed E-state index contributed by atoms with van der Waals surface area (Å²) in [5.41, 5.74) is 0. The number of aliphatic hydroxyl groups excluding tert-OH is 4. The fourth-order valence-electron chi connectivity index (χ4n) is 7.67. The molecule has 9 heteroatoms. The van der Waals surface area contributed by atoms with Crippen molar-refractivity contribution in [2.24, 2.45) is 0 Å². The molecule has 0 aromatic heterocycles. The predicted octanol–water partition coefficient (Wildman–Crippen LogP) is 13.4. The summed E-state index contributed by atoms with van der Waals surface area (Å²) in [5, 5.41) is 40.3. The quantitative estimate of drug-likeness (QED) is 0.0267. The SMILES string of the molecule is CC/C=C\C/C=C\C/C=C\C/C=C\CCCCCCCCCCCCC(=O)OC(COCCCCCCCCC/C=C\C/C=C\C/C=C\CCCCC)COC1OC(CO)C(O)C(O)C1O. The van der Waals surface area contributed by atoms with Crippen LogP contribution >= 0.6 is 0 Å². The third-order valence-electron chi connectivity index (χ3n) is 11.8. The zero-order valence-corrected chi connectivity index (χ0v) is 41.9. The minimum absolute atomic E-state index is 0.123. The summed E-state index contributed by atoms with van der Waals surface area (Å²) >= 11 is 0. The van der Waals surface area contributed by atoms with E-state index < -0.39 is 43.4 Å². The zero-order valence-electron chi connectivity index (χ0n) is 41.9. The summed E-state index contributed by atoms with van der Waals surface area (Å²) in [6.45, 7) is 4.40. The topological polar surface area (TPSA) is 135 Å². The first kappa shape index (κ1) is 61.4. The average molecular weight is 927 g/mol. The lowest BCUT2D eigenvalue weighted by Gasteiger charge is -2.39. The van der Waals surface area contributed by atoms with Crippen molar-refractivity contribution < 1.29 is 44.2 Å². The van der Waals surface area contributed by atoms with Gasteiger partial charge in [0.05, 0.1) is 19.8 Å². The van der Waals surface area contributed by atoms with Crippen molar-refractivity contribution in [3.05, 3.63) is 85.1 Å². The molecular weight excluding hydrogens is 829 g/mol. The van der Waals surface area contributed by atoms with Gasteiger partial charge in [-0.3, -0.25) is 4.79 Å². The second-order valence-electron chi connectivity index (χ2n) is 17.9. The van der Waals surface area contributed by atoms with E-state index in [1.807, 2.05) is 0 Å². The average Bonchev–Trinajstić information content (AvgIpc) is 3.32. The van der Waals surface area contributed by atoms with Crippen LogP contribution in [0.25, 0.3) is 0 Å². The molecule has 1 aliphatic heterocycles. The summed E-state index contributed by atoms with van der Waals surface area (Å²) in [4.78, 5) is 12.9. The van der Waals surface area contributed by atoms with Gasteiger partial charge < -0.3 is 39.4 Å². The lowest BCUT2D eigenvalue weighted by molar-refractivity contribution is -0.305. The summed E-state index contributed by atoms with van der Waals surface area (Å²) in [6, 6.07) is 0. The van der Waals surface area contributed by atoms with Crippen molar-refractivity contribution in [3.8, 4) is 0 Å². The Kier molecular flexibility index (Phi) is 44.1. The molecule has 66 heavy (non-hydrogen) atoms. The molecule has 1 heterocycles. The summed E-state index contributed by atoms with van der Waals surface area (Å²) in [5.74, 6) is -0.324. The van der Waals surface area contributed by atoms with Gasteiger partial charge in [-0.25, -0.2) is 0 Å². The predicted molar refractivity (Wildman–Crippen MR) is 274 cm³/mol. The van der Waals surface area contributed by atoms with Crippen molar-refractivity contribution in [2.75, 3.05) is 26.4 Å². The van der Waals surface area contributed by atoms with Crippen LogP contribution in [0.15, 0.2) is 85.1 Å². The van der Waals surface area contributed by atoms with Crippen molar-refractivity contribution in [2.45, 2.75) is 243 Å². The van der Waals surface area contributed by atoms with Crippen molar-refractivity contribution in [3.63, 3.8) is 0 Å². The molecule has 1 saturated heterocycles. The second kappa shape index (κ2) is 47.4. The van der Waals surface area contributed by atoms with E-state index in [2.05, 4.69) is 98.9 Å². The van der Waals surface area contributed by atoms with E-state index in [1.54, 1.807) is 0 Å². The molecule has 6 unspecified atom stereocenters. The molecule has 0 aromatic carbocycles. The highest BCUT2D eigenvalue weighted by Crippen LogP contribution is 2.23. The van der Waals surface area contributed by atoms with Gasteiger partial charge in [0.25, 0.3) is 0 Å². The van der Waals surface area contributed by atoms with Gasteiger partial charge in [0.15, 0.2) is 6.29 Å². The molecule has 6 atom stereocenters. The Bertz CT molecular complexity index is 1280. The van der Waals surface area contributed by atoms with Crippen LogP contribution in [0.4, 0.5) is 0 Å². The third kappa shape index (κ3) is 37.4. The highest BCUT2D eigenvalue weighted by molar-refractivity contribution is 5.69. The lowest BCUT2D eigenvalue weighted by atomic mass is 9.99. The first-order chi connectivity index (χ1) is 32.4. The molecule has 0 amide bonds. The van der Waals surface area contributed by atoms with E-state index in [0.29, 0.717) is 13.0 Å². The number of hydrogen-bond donors (Lipinski definition) is 4. The van der Waals surface area contributed by atoms with E-state index in [9.17, 15) is 25.2 Å². The molecule has 1 aliphatic rings. The Morgan fingerprint density at radius 3 is 1.39 bits per heavy atom. The Hall–Kier alpha value is -2.63. The number of rotatable bonds is 45. The standard InChI is InChI=1S/C57H98O9/c1-3-5-7-9-11-13-15-17-19-21-23-25-26-27-28-30-32-34-36-38-40-42-44-46-53(59)65-51(50-64-57-56(62)55(61)54(60)52(48-58)66-57)49-63-47-45-43-41-39-37-35-33-31-29-24-22-20-18-16-14-12-10-8-6-4-2/h5,7,11-14,17-20,23-25,29,51-52,54-58,60-62H,3-4,6,8-10,15-16,21-22,26-28,30-50H2,1-2H3/b7-5-,13-11-,14-12-,19-17-,20-18-,25-23-,29-24-. The number of carbonyl (C=O) groups is 1. The van der Waals surface area contributed by atoms with Gasteiger partial charge in [-0.05, 0) is 89.9 Å². The highest BCUT2D eigenvalue weighted by Gasteiger charge is 2.44. The monoisotopic (exact) mass is 927 g/mol. The Morgan fingerprint density at radius 1 is 0.500 bits per heavy atom. The molecule has 380 valence electrons. The van der Waals surface area contributed by atoms with E-state index >= 15 is 0 Å². The van der Waals surface area contributed by atoms with Crippen LogP contribution in [-0.4, -0.2) is 89.6 Å². The zero-order chi connectivity index (χ0) is 47.8. The van der Waals surface area contributed by atoms with Crippen molar-refractivity contribution >= 4 is 5.97 Å². The summed E-state index contributed by atoms with van der Waals surface area (Å²) in [6.07, 6.45) is 57.5. The fraction of sp³-hybridized carbons (Fsp3) is 0.737. The first-order valence-electron chi connectivity index (χ1n) is 26.7. The van der Waals surface area contributed by atoms with Crippen LogP contribution < -0.4 is 0 Å². The highest BCUT2D eigenvalue weighted by atomic mass is 16.7. The molecule has 0 aliphatic carbocycles. The second-order valence-corrected chi connectivity index (χ2v) is 17.9. The number of esters is 1. The molecule has 1 rings (SSSR count). The number of unbranched alkanes of at least 4 members (excludes halogenated alkanes) is 20. The lowest BCUT2D eigenvalue weighted by Crippen LogP contribution is -2.59. The van der Waals surface area contributed by atoms with Gasteiger partial charge >= 0.3 is 5.97 Å². The van der Waals surface area contributed by atoms with Crippen LogP contribution in [0.1, 0.15) is 206 Å². The van der Waals surface area contributed by atoms with Gasteiger partial charge in [0.2, 0.25) is 0 Å². The smallest absolute Gasteiger partial charge is 0.306 e. The van der Waals surface area contributed by atoms with Crippen LogP contribution in [0.5, 0.6) is 0 Å². The normalized spacial score (nSPS) is 20.0. The van der Waals surface area contributed by atoms with Crippen LogP contribution in [0.2, 0.25) is 0 Å². The largest absolute Gasteiger partial charge is 0.457 e. The number of hydrogen-bond acceptors (Lipinski definition) is 9. The molecule has 0 aromatic rings. The van der Waals surface area contributed by atoms with Gasteiger partial charge in [-0.2, -0.15) is 0 Å². The van der Waals surface area contributed by atoms with E-state index in [0.717, 1.165) is 89.9 Å². The van der Waals surface area contributed by atoms with Gasteiger partial charge in [0.1, 0.15) is 30.5 Å². The maximum atomic E-state index is 12.9. The van der Waals surface area contributed by atoms with Crippen LogP contribution in [0.3, 0.4) is 0 Å². The van der Waals surface area contributed by atoms with E-state index in [1.165, 1.54) is 96.3 Å². The first-order valence-corrected chi connectivity index (χ1v) is 26.7. The van der Waals surface area contributed by atoms with Crippen molar-refractivity contribution in [1.82, 2.24) is 0 Å². The Balaban J connectivity index is 2.21. The number of ether oxygens (including phenoxy) is 4. The van der Waals surface area contributed by atoms with E-state index in [-0.39, 0.29) is 19.2 Å². The maximum absolute atomic E-state index is 12.9. The maximum Gasteiger partial charge on any atom is 0.306 e. The number of aliphatic hydroxyl groups is 4. The minimum atomic E-state index is -1.54. The summed E-state index contributed by atoms with van der Waals surface area (Å²) < 4.78 is 22.9. The third-order valence-corrected chi connectivity index (χ3v) is 11.8. The van der Waals surface area contributed by atoms with E-state index in [4.69, 9.17) is 18.9 Å². The molecule has 1 fully saturated rings. The van der Waals surface area contributed by atoms with Crippen molar-refractivity contribution in [1.29, 1.82) is 0 Å². The van der Waals surface area contributed by atoms with Crippen LogP contribution in [0, 0.1) is 0 Å². The van der Waals surface area contributed by atoms with Crippen LogP contribution in [-0.2, 0) is 23.7 Å². The molecule has 0 saturated carbocycles. The molecule has 0 radical (unpaired) electrons. The Labute approximate surface area is 403 Å². The Morgan fingerprint density at radius 2 is 0.924 bits per heavy atom. The number of carbonyl (C=O) groups excluding carboxylic acids is 1.